The number of aliphatic hydroxyl groups is 1. The molecule has 0 bridgehead atoms. The summed E-state index contributed by atoms with van der Waals surface area (Å²) in [7, 11) is 0. The van der Waals surface area contributed by atoms with Gasteiger partial charge in [-0.2, -0.15) is 9.59 Å². The van der Waals surface area contributed by atoms with Gasteiger partial charge in [0.2, 0.25) is 0 Å². The average molecular weight is 376 g/mol. The molecule has 2 unspecified atom stereocenters. The number of imide groups is 1. The van der Waals surface area contributed by atoms with Crippen LogP contribution in [0.5, 0.6) is 0 Å². The first-order valence-electron chi connectivity index (χ1n) is 8.43. The maximum Gasteiger partial charge on any atom is 0.527 e. The molecule has 1 aromatic heterocycles. The number of benzene rings is 1. The van der Waals surface area contributed by atoms with Gasteiger partial charge in [-0.3, -0.25) is 0 Å². The fraction of sp³-hybridized carbons (Fsp3) is 0.368. The van der Waals surface area contributed by atoms with Crippen LogP contribution in [0.15, 0.2) is 47.8 Å². The lowest BCUT2D eigenvalue weighted by Gasteiger charge is -2.28. The van der Waals surface area contributed by atoms with E-state index in [0.29, 0.717) is 6.42 Å². The van der Waals surface area contributed by atoms with Crippen LogP contribution in [-0.2, 0) is 17.8 Å². The number of thiophene rings is 1. The molecule has 0 spiro atoms. The van der Waals surface area contributed by atoms with Gasteiger partial charge in [0.1, 0.15) is 24.8 Å². The first-order valence-corrected chi connectivity index (χ1v) is 9.31. The molecule has 2 N–H and O–H groups in total. The molecule has 0 saturated carbocycles. The highest BCUT2D eigenvalue weighted by Crippen LogP contribution is 2.38. The normalized spacial score (nSPS) is 28.0. The molecule has 2 heterocycles. The number of amides is 2. The number of hydrogen-bond donors (Lipinski definition) is 2. The van der Waals surface area contributed by atoms with Crippen LogP contribution in [0.2, 0.25) is 0 Å². The number of ether oxygens (including phenoxy) is 1. The minimum absolute atomic E-state index is 0.00300. The van der Waals surface area contributed by atoms with Gasteiger partial charge in [0.15, 0.2) is 0 Å². The van der Waals surface area contributed by atoms with Gasteiger partial charge in [0.25, 0.3) is 0 Å². The summed E-state index contributed by atoms with van der Waals surface area (Å²) in [4.78, 5) is 25.7. The highest BCUT2D eigenvalue weighted by molar-refractivity contribution is 7.09. The minimum atomic E-state index is -1.29. The summed E-state index contributed by atoms with van der Waals surface area (Å²) >= 11 is 1.50. The lowest BCUT2D eigenvalue weighted by molar-refractivity contribution is -0.798. The third-order valence-corrected chi connectivity index (χ3v) is 5.80. The van der Waals surface area contributed by atoms with Gasteiger partial charge in [-0.1, -0.05) is 36.4 Å². The number of carbonyl (C=O) groups excluding carboxylic acids is 1. The van der Waals surface area contributed by atoms with Crippen molar-refractivity contribution in [1.82, 2.24) is 0 Å². The quantitative estimate of drug-likeness (QED) is 0.796. The zero-order chi connectivity index (χ0) is 18.8. The molecule has 0 aliphatic carbocycles. The van der Waals surface area contributed by atoms with E-state index in [4.69, 9.17) is 4.74 Å². The topological polar surface area (TPSA) is 83.8 Å². The van der Waals surface area contributed by atoms with Crippen molar-refractivity contribution < 1.29 is 29.0 Å². The second-order valence-electron chi connectivity index (χ2n) is 6.88. The summed E-state index contributed by atoms with van der Waals surface area (Å²) in [6, 6.07) is 12.3. The van der Waals surface area contributed by atoms with Crippen molar-refractivity contribution in [2.45, 2.75) is 38.0 Å². The fourth-order valence-corrected chi connectivity index (χ4v) is 4.51. The molecule has 1 fully saturated rings. The maximum absolute atomic E-state index is 12.7. The first-order chi connectivity index (χ1) is 12.4. The average Bonchev–Trinajstić information content (AvgIpc) is 3.19. The van der Waals surface area contributed by atoms with E-state index in [9.17, 15) is 19.8 Å². The summed E-state index contributed by atoms with van der Waals surface area (Å²) in [5.41, 5.74) is -0.473. The van der Waals surface area contributed by atoms with E-state index in [2.05, 4.69) is 0 Å². The van der Waals surface area contributed by atoms with Gasteiger partial charge in [-0.05, 0) is 23.9 Å². The van der Waals surface area contributed by atoms with Gasteiger partial charge in [-0.15, -0.1) is 15.8 Å². The van der Waals surface area contributed by atoms with Gasteiger partial charge >= 0.3 is 12.2 Å². The van der Waals surface area contributed by atoms with E-state index < -0.39 is 28.3 Å². The maximum atomic E-state index is 12.7. The number of carboxylic acid groups (broad SMARTS) is 1. The fourth-order valence-electron chi connectivity index (χ4n) is 3.67. The van der Waals surface area contributed by atoms with Gasteiger partial charge in [0, 0.05) is 17.7 Å². The van der Waals surface area contributed by atoms with Crippen molar-refractivity contribution in [2.24, 2.45) is 0 Å². The molecule has 1 aromatic carbocycles. The van der Waals surface area contributed by atoms with Crippen molar-refractivity contribution in [3.63, 3.8) is 0 Å². The summed E-state index contributed by atoms with van der Waals surface area (Å²) in [5.74, 6) is 0. The van der Waals surface area contributed by atoms with Crippen LogP contribution in [0, 0.1) is 0 Å². The van der Waals surface area contributed by atoms with Crippen LogP contribution in [-0.4, -0.2) is 45.1 Å². The Kier molecular flexibility index (Phi) is 5.13. The summed E-state index contributed by atoms with van der Waals surface area (Å²) in [6.07, 6.45) is -1.58. The number of rotatable bonds is 4. The Labute approximate surface area is 155 Å². The zero-order valence-electron chi connectivity index (χ0n) is 14.5. The summed E-state index contributed by atoms with van der Waals surface area (Å²) in [6.45, 7) is 1.47. The molecule has 26 heavy (non-hydrogen) atoms. The van der Waals surface area contributed by atoms with Crippen LogP contribution in [0.25, 0.3) is 0 Å². The van der Waals surface area contributed by atoms with Gasteiger partial charge in [-0.25, -0.2) is 0 Å². The van der Waals surface area contributed by atoms with Crippen LogP contribution in [0.1, 0.15) is 23.8 Å². The number of nitrogens with zero attached hydrogens (tertiary/aromatic N) is 1. The summed E-state index contributed by atoms with van der Waals surface area (Å²) < 4.78 is 4.41. The van der Waals surface area contributed by atoms with E-state index in [1.54, 1.807) is 19.1 Å². The highest BCUT2D eigenvalue weighted by Gasteiger charge is 2.63. The van der Waals surface area contributed by atoms with Crippen LogP contribution >= 0.6 is 11.3 Å². The number of likely N-dealkylation sites (tertiary alicyclic amines) is 1. The SMILES string of the molecule is C[C@@H]1CC(O)(Cc2cccs2)C[N+]1(C(=O)O)C(=O)OCc1ccccc1. The molecule has 0 radical (unpaired) electrons. The number of hydrogen-bond acceptors (Lipinski definition) is 5. The Morgan fingerprint density at radius 2 is 2.00 bits per heavy atom. The molecule has 3 rings (SSSR count). The highest BCUT2D eigenvalue weighted by atomic mass is 32.1. The zero-order valence-corrected chi connectivity index (χ0v) is 15.3. The molecule has 2 aromatic rings. The summed E-state index contributed by atoms with van der Waals surface area (Å²) in [5, 5.41) is 22.7. The monoisotopic (exact) mass is 376 g/mol. The Bertz CT molecular complexity index is 778. The number of carbonyl (C=O) groups is 2. The Balaban J connectivity index is 1.78. The molecule has 138 valence electrons. The van der Waals surface area contributed by atoms with Crippen molar-refractivity contribution in [3.8, 4) is 0 Å². The predicted molar refractivity (Wildman–Crippen MR) is 96.8 cm³/mol. The van der Waals surface area contributed by atoms with Gasteiger partial charge < -0.3 is 14.9 Å². The standard InChI is InChI=1S/C19H21NO5S/c1-14-10-19(24,11-16-8-5-9-26-16)13-20(14,17(21)22)18(23)25-12-15-6-3-2-4-7-15/h2-9,14,24H,10-13H2,1H3/p+1/t14-,19?,20?/m1/s1. The molecular formula is C19H22NO5S+. The number of quaternary nitrogens is 1. The van der Waals surface area contributed by atoms with E-state index in [-0.39, 0.29) is 19.6 Å². The molecule has 2 amide bonds. The minimum Gasteiger partial charge on any atom is -0.435 e. The van der Waals surface area contributed by atoms with Crippen LogP contribution in [0.3, 0.4) is 0 Å². The second-order valence-corrected chi connectivity index (χ2v) is 7.92. The Morgan fingerprint density at radius 3 is 2.62 bits per heavy atom. The van der Waals surface area contributed by atoms with Crippen molar-refractivity contribution in [1.29, 1.82) is 0 Å². The first kappa shape index (κ1) is 18.6. The van der Waals surface area contributed by atoms with Gasteiger partial charge in [0.05, 0.1) is 0 Å². The molecule has 1 saturated heterocycles. The second kappa shape index (κ2) is 7.19. The molecule has 7 heteroatoms. The molecule has 1 aliphatic rings. The Morgan fingerprint density at radius 1 is 1.27 bits per heavy atom. The van der Waals surface area contributed by atoms with Crippen molar-refractivity contribution in [2.75, 3.05) is 6.54 Å². The van der Waals surface area contributed by atoms with E-state index in [1.807, 2.05) is 35.7 Å². The molecule has 1 aliphatic heterocycles. The third kappa shape index (κ3) is 3.51. The van der Waals surface area contributed by atoms with Crippen LogP contribution < -0.4 is 0 Å². The smallest absolute Gasteiger partial charge is 0.435 e. The third-order valence-electron chi connectivity index (χ3n) is 4.93. The Hall–Kier alpha value is -2.22. The molecule has 3 atom stereocenters. The van der Waals surface area contributed by atoms with Crippen LogP contribution in [0.4, 0.5) is 9.59 Å². The van der Waals surface area contributed by atoms with E-state index in [1.165, 1.54) is 11.3 Å². The lowest BCUT2D eigenvalue weighted by atomic mass is 9.96. The molecule has 6 nitrogen and oxygen atoms in total. The molecular weight excluding hydrogens is 354 g/mol. The van der Waals surface area contributed by atoms with Crippen molar-refractivity contribution in [3.05, 3.63) is 58.3 Å². The largest absolute Gasteiger partial charge is 0.527 e. The van der Waals surface area contributed by atoms with E-state index in [0.717, 1.165) is 10.4 Å². The lowest BCUT2D eigenvalue weighted by Crippen LogP contribution is -2.60. The van der Waals surface area contributed by atoms with E-state index >= 15 is 0 Å². The van der Waals surface area contributed by atoms with Crippen molar-refractivity contribution >= 4 is 23.5 Å². The predicted octanol–water partition coefficient (Wildman–Crippen LogP) is 3.65.